The average Bonchev–Trinajstić information content (AvgIpc) is 2.69. The maximum atomic E-state index is 12.2. The number of halogens is 1. The molecular weight excluding hydrogens is 276 g/mol. The van der Waals surface area contributed by atoms with E-state index < -0.39 is 5.60 Å². The largest absolute Gasteiger partial charge is 0.389 e. The molecule has 108 valence electrons. The van der Waals surface area contributed by atoms with E-state index in [2.05, 4.69) is 0 Å². The fourth-order valence-electron chi connectivity index (χ4n) is 2.23. The van der Waals surface area contributed by atoms with Crippen molar-refractivity contribution in [1.29, 1.82) is 0 Å². The van der Waals surface area contributed by atoms with Crippen molar-refractivity contribution < 1.29 is 9.90 Å². The van der Waals surface area contributed by atoms with Crippen LogP contribution in [0.4, 0.5) is 0 Å². The number of hydrogen-bond acceptors (Lipinski definition) is 2. The van der Waals surface area contributed by atoms with Gasteiger partial charge in [-0.25, -0.2) is 0 Å². The highest BCUT2D eigenvalue weighted by molar-refractivity contribution is 6.31. The Morgan fingerprint density at radius 2 is 2.10 bits per heavy atom. The van der Waals surface area contributed by atoms with E-state index in [1.165, 1.54) is 4.90 Å². The van der Waals surface area contributed by atoms with Crippen LogP contribution in [0.1, 0.15) is 13.8 Å². The number of benzene rings is 1. The van der Waals surface area contributed by atoms with Crippen LogP contribution in [0.15, 0.2) is 30.5 Å². The molecule has 0 aliphatic rings. The second-order valence-electron chi connectivity index (χ2n) is 5.71. The lowest BCUT2D eigenvalue weighted by atomic mass is 10.1. The zero-order valence-corrected chi connectivity index (χ0v) is 12.7. The average molecular weight is 295 g/mol. The van der Waals surface area contributed by atoms with E-state index in [9.17, 15) is 9.90 Å². The van der Waals surface area contributed by atoms with Crippen LogP contribution in [0.5, 0.6) is 0 Å². The van der Waals surface area contributed by atoms with E-state index in [0.29, 0.717) is 11.6 Å². The second kappa shape index (κ2) is 5.46. The maximum Gasteiger partial charge on any atom is 0.242 e. The summed E-state index contributed by atoms with van der Waals surface area (Å²) in [5.41, 5.74) is 0.0365. The number of carbonyl (C=O) groups is 1. The van der Waals surface area contributed by atoms with Crippen molar-refractivity contribution in [3.63, 3.8) is 0 Å². The fraction of sp³-hybridized carbons (Fsp3) is 0.400. The van der Waals surface area contributed by atoms with Gasteiger partial charge in [-0.15, -0.1) is 0 Å². The highest BCUT2D eigenvalue weighted by Crippen LogP contribution is 2.20. The number of nitrogens with zero attached hydrogens (tertiary/aromatic N) is 2. The van der Waals surface area contributed by atoms with E-state index in [0.717, 1.165) is 10.9 Å². The molecule has 0 radical (unpaired) electrons. The third-order valence-corrected chi connectivity index (χ3v) is 3.33. The Morgan fingerprint density at radius 3 is 2.75 bits per heavy atom. The molecule has 20 heavy (non-hydrogen) atoms. The van der Waals surface area contributed by atoms with Gasteiger partial charge in [0, 0.05) is 30.3 Å². The van der Waals surface area contributed by atoms with Crippen LogP contribution in [0.3, 0.4) is 0 Å². The van der Waals surface area contributed by atoms with Crippen molar-refractivity contribution in [3.05, 3.63) is 35.5 Å². The van der Waals surface area contributed by atoms with Crippen molar-refractivity contribution >= 4 is 28.4 Å². The van der Waals surface area contributed by atoms with Crippen LogP contribution >= 0.6 is 11.6 Å². The van der Waals surface area contributed by atoms with Gasteiger partial charge in [-0.2, -0.15) is 0 Å². The monoisotopic (exact) mass is 294 g/mol. The Balaban J connectivity index is 2.16. The number of fused-ring (bicyclic) bond motifs is 1. The molecule has 1 aromatic heterocycles. The lowest BCUT2D eigenvalue weighted by Crippen LogP contribution is -2.41. The molecule has 2 aromatic rings. The van der Waals surface area contributed by atoms with Gasteiger partial charge in [-0.05, 0) is 37.4 Å². The molecule has 0 saturated heterocycles. The molecule has 1 aromatic carbocycles. The van der Waals surface area contributed by atoms with Crippen LogP contribution in [0, 0.1) is 0 Å². The molecule has 4 nitrogen and oxygen atoms in total. The normalized spacial score (nSPS) is 11.8. The smallest absolute Gasteiger partial charge is 0.242 e. The van der Waals surface area contributed by atoms with Gasteiger partial charge in [-0.3, -0.25) is 4.79 Å². The summed E-state index contributed by atoms with van der Waals surface area (Å²) in [7, 11) is 1.69. The quantitative estimate of drug-likeness (QED) is 0.942. The van der Waals surface area contributed by atoms with Crippen LogP contribution in [0.25, 0.3) is 10.9 Å². The fourth-order valence-corrected chi connectivity index (χ4v) is 2.40. The molecule has 0 spiro atoms. The summed E-state index contributed by atoms with van der Waals surface area (Å²) >= 11 is 5.99. The van der Waals surface area contributed by atoms with Gasteiger partial charge in [-0.1, -0.05) is 17.7 Å². The first-order chi connectivity index (χ1) is 9.26. The first-order valence-corrected chi connectivity index (χ1v) is 6.85. The van der Waals surface area contributed by atoms with Gasteiger partial charge >= 0.3 is 0 Å². The van der Waals surface area contributed by atoms with Gasteiger partial charge in [0.15, 0.2) is 0 Å². The number of amides is 1. The molecule has 0 atom stereocenters. The predicted molar refractivity (Wildman–Crippen MR) is 80.9 cm³/mol. The number of rotatable bonds is 4. The van der Waals surface area contributed by atoms with Crippen LogP contribution in [0.2, 0.25) is 5.02 Å². The van der Waals surface area contributed by atoms with E-state index in [1.54, 1.807) is 20.9 Å². The summed E-state index contributed by atoms with van der Waals surface area (Å²) in [6.07, 6.45) is 1.87. The first-order valence-electron chi connectivity index (χ1n) is 6.47. The Bertz CT molecular complexity index is 628. The summed E-state index contributed by atoms with van der Waals surface area (Å²) in [4.78, 5) is 13.7. The lowest BCUT2D eigenvalue weighted by molar-refractivity contribution is -0.133. The third kappa shape index (κ3) is 3.52. The Morgan fingerprint density at radius 1 is 1.40 bits per heavy atom. The Labute approximate surface area is 123 Å². The zero-order valence-electron chi connectivity index (χ0n) is 11.9. The topological polar surface area (TPSA) is 45.5 Å². The number of aromatic nitrogens is 1. The van der Waals surface area contributed by atoms with Crippen molar-refractivity contribution in [2.75, 3.05) is 13.6 Å². The zero-order chi connectivity index (χ0) is 14.9. The van der Waals surface area contributed by atoms with E-state index in [4.69, 9.17) is 11.6 Å². The molecule has 0 aliphatic heterocycles. The summed E-state index contributed by atoms with van der Waals surface area (Å²) in [6, 6.07) is 7.56. The van der Waals surface area contributed by atoms with Gasteiger partial charge in [0.1, 0.15) is 6.54 Å². The first kappa shape index (κ1) is 14.9. The number of aliphatic hydroxyl groups is 1. The van der Waals surface area contributed by atoms with Crippen molar-refractivity contribution in [2.24, 2.45) is 0 Å². The predicted octanol–water partition coefficient (Wildman–Crippen LogP) is 2.52. The Kier molecular flexibility index (Phi) is 4.06. The molecule has 1 N–H and O–H groups in total. The summed E-state index contributed by atoms with van der Waals surface area (Å²) in [5, 5.41) is 11.4. The Hall–Kier alpha value is -1.52. The molecule has 1 heterocycles. The van der Waals surface area contributed by atoms with Gasteiger partial charge in [0.25, 0.3) is 0 Å². The van der Waals surface area contributed by atoms with Gasteiger partial charge in [0.05, 0.1) is 5.60 Å². The minimum Gasteiger partial charge on any atom is -0.389 e. The highest BCUT2D eigenvalue weighted by Gasteiger charge is 2.19. The van der Waals surface area contributed by atoms with Gasteiger partial charge in [0.2, 0.25) is 5.91 Å². The molecule has 0 bridgehead atoms. The van der Waals surface area contributed by atoms with Crippen LogP contribution in [-0.2, 0) is 11.3 Å². The van der Waals surface area contributed by atoms with Crippen molar-refractivity contribution in [3.8, 4) is 0 Å². The number of hydrogen-bond donors (Lipinski definition) is 1. The van der Waals surface area contributed by atoms with E-state index in [1.807, 2.05) is 35.0 Å². The molecule has 0 fully saturated rings. The van der Waals surface area contributed by atoms with Crippen LogP contribution < -0.4 is 0 Å². The molecule has 0 aliphatic carbocycles. The third-order valence-electron chi connectivity index (χ3n) is 3.09. The lowest BCUT2D eigenvalue weighted by Gasteiger charge is -2.25. The SMILES string of the molecule is CN(CC(C)(C)O)C(=O)Cn1ccc2ccc(Cl)cc21. The summed E-state index contributed by atoms with van der Waals surface area (Å²) in [5.74, 6) is -0.0513. The van der Waals surface area contributed by atoms with Crippen molar-refractivity contribution in [1.82, 2.24) is 9.47 Å². The highest BCUT2D eigenvalue weighted by atomic mass is 35.5. The molecule has 2 rings (SSSR count). The minimum absolute atomic E-state index is 0.0513. The van der Waals surface area contributed by atoms with Gasteiger partial charge < -0.3 is 14.6 Å². The summed E-state index contributed by atoms with van der Waals surface area (Å²) < 4.78 is 1.87. The molecule has 0 unspecified atom stereocenters. The van der Waals surface area contributed by atoms with Crippen LogP contribution in [-0.4, -0.2) is 39.7 Å². The molecule has 5 heteroatoms. The summed E-state index contributed by atoms with van der Waals surface area (Å²) in [6.45, 7) is 3.89. The van der Waals surface area contributed by atoms with Crippen molar-refractivity contribution in [2.45, 2.75) is 26.0 Å². The molecule has 0 saturated carbocycles. The maximum absolute atomic E-state index is 12.2. The second-order valence-corrected chi connectivity index (χ2v) is 6.15. The number of likely N-dealkylation sites (N-methyl/N-ethyl adjacent to an activating group) is 1. The molecular formula is C15H19ClN2O2. The minimum atomic E-state index is -0.896. The molecule has 1 amide bonds. The van der Waals surface area contributed by atoms with E-state index >= 15 is 0 Å². The van der Waals surface area contributed by atoms with E-state index in [-0.39, 0.29) is 12.5 Å². The standard InChI is InChI=1S/C15H19ClN2O2/c1-15(2,20)10-17(3)14(19)9-18-7-6-11-4-5-12(16)8-13(11)18/h4-8,20H,9-10H2,1-3H3. The number of carbonyl (C=O) groups excluding carboxylic acids is 1.